The first-order chi connectivity index (χ1) is 25.2. The van der Waals surface area contributed by atoms with Crippen LogP contribution in [-0.2, 0) is 7.05 Å². The molecule has 0 bridgehead atoms. The quantitative estimate of drug-likeness (QED) is 0.108. The summed E-state index contributed by atoms with van der Waals surface area (Å²) >= 11 is 0. The SMILES string of the molecule is Cn1[c-][n+]2c3c(cccc31)B1N(c3ccccc3)c3ccccc3N1c1ccc(Oc3ccc4c5ccccc5n(-c5ccccn5)c4c3)cc1-2. The van der Waals surface area contributed by atoms with Gasteiger partial charge in [-0.2, -0.15) is 0 Å². The Balaban J connectivity index is 1.10. The van der Waals surface area contributed by atoms with Crippen molar-refractivity contribution < 1.29 is 9.30 Å². The van der Waals surface area contributed by atoms with Crippen molar-refractivity contribution in [3.63, 3.8) is 0 Å². The molecule has 0 saturated carbocycles. The van der Waals surface area contributed by atoms with Gasteiger partial charge in [-0.1, -0.05) is 72.8 Å². The van der Waals surface area contributed by atoms with E-state index in [9.17, 15) is 0 Å². The van der Waals surface area contributed by atoms with Crippen molar-refractivity contribution in [3.8, 4) is 23.0 Å². The van der Waals surface area contributed by atoms with Crippen LogP contribution in [0.15, 0.2) is 158 Å². The van der Waals surface area contributed by atoms with Gasteiger partial charge in [0.2, 0.25) is 6.33 Å². The molecule has 0 aliphatic carbocycles. The average Bonchev–Trinajstić information content (AvgIpc) is 3.80. The number of anilines is 4. The summed E-state index contributed by atoms with van der Waals surface area (Å²) in [5.41, 5.74) is 11.1. The van der Waals surface area contributed by atoms with Gasteiger partial charge in [0.25, 0.3) is 0 Å². The van der Waals surface area contributed by atoms with Crippen LogP contribution in [0.2, 0.25) is 0 Å². The fraction of sp³-hybridized carbons (Fsp3) is 0.0233. The second kappa shape index (κ2) is 10.6. The average molecular weight is 657 g/mol. The van der Waals surface area contributed by atoms with E-state index in [4.69, 9.17) is 9.72 Å². The molecule has 240 valence electrons. The summed E-state index contributed by atoms with van der Waals surface area (Å²) in [6.07, 6.45) is 5.47. The van der Waals surface area contributed by atoms with Crippen LogP contribution < -0.4 is 24.4 Å². The highest BCUT2D eigenvalue weighted by atomic mass is 16.5. The number of fused-ring (bicyclic) bond motifs is 10. The maximum absolute atomic E-state index is 6.75. The molecule has 0 spiro atoms. The van der Waals surface area contributed by atoms with Crippen LogP contribution in [0.5, 0.6) is 11.5 Å². The number of aromatic nitrogens is 4. The van der Waals surface area contributed by atoms with Gasteiger partial charge in [0.05, 0.1) is 46.2 Å². The molecule has 2 aliphatic rings. The van der Waals surface area contributed by atoms with Crippen LogP contribution in [0, 0.1) is 6.33 Å². The van der Waals surface area contributed by atoms with Gasteiger partial charge in [0.1, 0.15) is 17.3 Å². The Kier molecular flexibility index (Phi) is 5.84. The van der Waals surface area contributed by atoms with E-state index in [1.165, 1.54) is 16.5 Å². The highest BCUT2D eigenvalue weighted by Gasteiger charge is 2.46. The van der Waals surface area contributed by atoms with Gasteiger partial charge in [0, 0.05) is 34.4 Å². The van der Waals surface area contributed by atoms with E-state index in [2.05, 4.69) is 170 Å². The molecule has 7 nitrogen and oxygen atoms in total. The van der Waals surface area contributed by atoms with E-state index >= 15 is 0 Å². The van der Waals surface area contributed by atoms with Crippen molar-refractivity contribution in [3.05, 3.63) is 164 Å². The predicted octanol–water partition coefficient (Wildman–Crippen LogP) is 8.54. The molecule has 11 rings (SSSR count). The van der Waals surface area contributed by atoms with Crippen LogP contribution in [-0.4, -0.2) is 21.1 Å². The first-order valence-corrected chi connectivity index (χ1v) is 17.1. The van der Waals surface area contributed by atoms with Crippen LogP contribution in [0.4, 0.5) is 22.7 Å². The summed E-state index contributed by atoms with van der Waals surface area (Å²) in [6.45, 7) is -0.112. The first kappa shape index (κ1) is 28.1. The topological polar surface area (TPSA) is 42.3 Å². The molecule has 0 radical (unpaired) electrons. The molecule has 0 atom stereocenters. The molecular formula is C43H29BN6O. The van der Waals surface area contributed by atoms with E-state index in [-0.39, 0.29) is 6.98 Å². The van der Waals surface area contributed by atoms with Gasteiger partial charge in [0.15, 0.2) is 0 Å². The van der Waals surface area contributed by atoms with Gasteiger partial charge >= 0.3 is 6.98 Å². The normalized spacial score (nSPS) is 13.1. The number of rotatable bonds is 4. The molecular weight excluding hydrogens is 627 g/mol. The van der Waals surface area contributed by atoms with Crippen LogP contribution in [0.3, 0.4) is 0 Å². The third-order valence-corrected chi connectivity index (χ3v) is 10.3. The van der Waals surface area contributed by atoms with Gasteiger partial charge in [-0.3, -0.25) is 4.57 Å². The summed E-state index contributed by atoms with van der Waals surface area (Å²) in [7, 11) is 2.07. The lowest BCUT2D eigenvalue weighted by Crippen LogP contribution is -2.53. The van der Waals surface area contributed by atoms with Crippen molar-refractivity contribution in [2.75, 3.05) is 9.62 Å². The van der Waals surface area contributed by atoms with Gasteiger partial charge in [-0.15, -0.1) is 0 Å². The lowest BCUT2D eigenvalue weighted by atomic mass is 9.64. The Labute approximate surface area is 294 Å². The number of hydrogen-bond acceptors (Lipinski definition) is 4. The maximum Gasteiger partial charge on any atom is 0.413 e. The smallest absolute Gasteiger partial charge is 0.413 e. The van der Waals surface area contributed by atoms with Crippen molar-refractivity contribution in [2.24, 2.45) is 7.05 Å². The second-order valence-corrected chi connectivity index (χ2v) is 13.1. The Morgan fingerprint density at radius 3 is 2.20 bits per heavy atom. The van der Waals surface area contributed by atoms with Crippen molar-refractivity contribution in [1.29, 1.82) is 0 Å². The highest BCUT2D eigenvalue weighted by molar-refractivity contribution is 6.86. The number of imidazole rings is 1. The zero-order valence-corrected chi connectivity index (χ0v) is 27.7. The third kappa shape index (κ3) is 4.01. The van der Waals surface area contributed by atoms with E-state index in [1.54, 1.807) is 0 Å². The minimum atomic E-state index is -0.112. The molecule has 9 aromatic rings. The lowest BCUT2D eigenvalue weighted by molar-refractivity contribution is -0.571. The molecule has 0 saturated heterocycles. The summed E-state index contributed by atoms with van der Waals surface area (Å²) in [6, 6.07) is 53.2. The van der Waals surface area contributed by atoms with Gasteiger partial charge in [-0.05, 0) is 78.3 Å². The molecule has 5 heterocycles. The lowest BCUT2D eigenvalue weighted by Gasteiger charge is -2.30. The Morgan fingerprint density at radius 1 is 0.608 bits per heavy atom. The number of nitrogens with zero attached hydrogens (tertiary/aromatic N) is 6. The second-order valence-electron chi connectivity index (χ2n) is 13.1. The zero-order chi connectivity index (χ0) is 33.6. The van der Waals surface area contributed by atoms with Crippen molar-refractivity contribution in [1.82, 2.24) is 14.1 Å². The molecule has 3 aromatic heterocycles. The van der Waals surface area contributed by atoms with Gasteiger partial charge < -0.3 is 23.5 Å². The van der Waals surface area contributed by atoms with Crippen molar-refractivity contribution in [2.45, 2.75) is 0 Å². The van der Waals surface area contributed by atoms with Crippen LogP contribution >= 0.6 is 0 Å². The summed E-state index contributed by atoms with van der Waals surface area (Å²) in [5.74, 6) is 2.37. The number of benzene rings is 6. The summed E-state index contributed by atoms with van der Waals surface area (Å²) in [5, 5.41) is 2.33. The van der Waals surface area contributed by atoms with Crippen molar-refractivity contribution >= 4 is 68.0 Å². The minimum absolute atomic E-state index is 0.112. The van der Waals surface area contributed by atoms with E-state index in [0.717, 1.165) is 67.5 Å². The third-order valence-electron chi connectivity index (χ3n) is 10.3. The fourth-order valence-electron chi connectivity index (χ4n) is 8.19. The number of aryl methyl sites for hydroxylation is 1. The Bertz CT molecular complexity index is 2830. The molecule has 0 unspecified atom stereocenters. The van der Waals surface area contributed by atoms with E-state index < -0.39 is 0 Å². The zero-order valence-electron chi connectivity index (χ0n) is 27.7. The monoisotopic (exact) mass is 656 g/mol. The minimum Gasteiger partial charge on any atom is -0.458 e. The fourth-order valence-corrected chi connectivity index (χ4v) is 8.19. The first-order valence-electron chi connectivity index (χ1n) is 17.1. The molecule has 8 heteroatoms. The maximum atomic E-state index is 6.75. The standard InChI is InChI=1S/C43H29BN6O/c1-46-28-47-41-27-31(51-30-21-23-33-32-14-5-6-16-35(32)48(40(33)26-30)42-20-9-10-25-45-42)22-24-38(41)50-37-18-8-7-17-36(37)49(29-12-3-2-4-13-29)44(50)34-15-11-19-39(46)43(34)47/h2-27H,1H3. The van der Waals surface area contributed by atoms with E-state index in [1.807, 2.05) is 24.4 Å². The number of hydrogen-bond donors (Lipinski definition) is 0. The largest absolute Gasteiger partial charge is 0.458 e. The molecule has 0 fully saturated rings. The predicted molar refractivity (Wildman–Crippen MR) is 204 cm³/mol. The molecule has 51 heavy (non-hydrogen) atoms. The Morgan fingerprint density at radius 2 is 1.33 bits per heavy atom. The Hall–Kier alpha value is -6.80. The number of para-hydroxylation sites is 5. The molecule has 0 amide bonds. The van der Waals surface area contributed by atoms with Crippen LogP contribution in [0.1, 0.15) is 0 Å². The van der Waals surface area contributed by atoms with Gasteiger partial charge in [-0.25, -0.2) is 4.98 Å². The molecule has 6 aromatic carbocycles. The molecule has 0 N–H and O–H groups in total. The highest BCUT2D eigenvalue weighted by Crippen LogP contribution is 2.48. The molecule has 2 aliphatic heterocycles. The number of ether oxygens (including phenoxy) is 1. The van der Waals surface area contributed by atoms with Crippen LogP contribution in [0.25, 0.3) is 44.3 Å². The summed E-state index contributed by atoms with van der Waals surface area (Å²) < 4.78 is 13.3. The summed E-state index contributed by atoms with van der Waals surface area (Å²) in [4.78, 5) is 9.63. The number of pyridine rings is 1. The van der Waals surface area contributed by atoms with E-state index in [0.29, 0.717) is 0 Å².